The van der Waals surface area contributed by atoms with Crippen LogP contribution < -0.4 is 0 Å². The van der Waals surface area contributed by atoms with Crippen molar-refractivity contribution >= 4 is 12.2 Å². The lowest BCUT2D eigenvalue weighted by Gasteiger charge is -2.34. The van der Waals surface area contributed by atoms with Crippen molar-refractivity contribution in [2.24, 2.45) is 11.3 Å². The number of fused-ring (bicyclic) bond motifs is 2. The molecule has 0 radical (unpaired) electrons. The molecule has 0 spiro atoms. The van der Waals surface area contributed by atoms with Crippen molar-refractivity contribution in [3.8, 4) is 0 Å². The minimum Gasteiger partial charge on any atom is -0.364 e. The molecule has 4 heteroatoms. The quantitative estimate of drug-likeness (QED) is 0.716. The summed E-state index contributed by atoms with van der Waals surface area (Å²) in [6, 6.07) is 0. The third-order valence-electron chi connectivity index (χ3n) is 4.98. The number of carbonyl (C=O) groups is 2. The number of carbonyl (C=O) groups excluding carboxylic acids is 2. The molecule has 2 rings (SSSR count). The maximum atomic E-state index is 12.4. The van der Waals surface area contributed by atoms with Crippen LogP contribution in [-0.4, -0.2) is 42.4 Å². The monoisotopic (exact) mass is 267 g/mol. The maximum absolute atomic E-state index is 12.4. The first-order valence-electron chi connectivity index (χ1n) is 7.24. The van der Waals surface area contributed by atoms with Crippen molar-refractivity contribution in [2.45, 2.75) is 58.2 Å². The summed E-state index contributed by atoms with van der Waals surface area (Å²) in [6.45, 7) is 6.59. The SMILES string of the molecule is CCC(C)(C)C(=O)N(C)CC1CC2CC[C@@]1(C=O)O2. The largest absolute Gasteiger partial charge is 0.364 e. The fraction of sp³-hybridized carbons (Fsp3) is 0.867. The molecule has 2 heterocycles. The smallest absolute Gasteiger partial charge is 0.227 e. The van der Waals surface area contributed by atoms with Crippen LogP contribution in [0.5, 0.6) is 0 Å². The zero-order valence-corrected chi connectivity index (χ0v) is 12.4. The van der Waals surface area contributed by atoms with Crippen molar-refractivity contribution in [1.82, 2.24) is 4.90 Å². The van der Waals surface area contributed by atoms with E-state index in [0.29, 0.717) is 6.54 Å². The second-order valence-corrected chi connectivity index (χ2v) is 6.71. The molecule has 2 aliphatic rings. The highest BCUT2D eigenvalue weighted by molar-refractivity contribution is 5.81. The van der Waals surface area contributed by atoms with Gasteiger partial charge in [-0.1, -0.05) is 20.8 Å². The van der Waals surface area contributed by atoms with E-state index in [1.165, 1.54) is 0 Å². The Bertz CT molecular complexity index is 380. The number of nitrogens with zero attached hydrogens (tertiary/aromatic N) is 1. The summed E-state index contributed by atoms with van der Waals surface area (Å²) < 4.78 is 5.81. The van der Waals surface area contributed by atoms with Crippen LogP contribution in [0.1, 0.15) is 46.5 Å². The Labute approximate surface area is 115 Å². The molecule has 2 bridgehead atoms. The van der Waals surface area contributed by atoms with Crippen molar-refractivity contribution in [2.75, 3.05) is 13.6 Å². The normalized spacial score (nSPS) is 33.5. The second kappa shape index (κ2) is 4.89. The summed E-state index contributed by atoms with van der Waals surface area (Å²) >= 11 is 0. The molecule has 0 aromatic carbocycles. The van der Waals surface area contributed by atoms with Crippen molar-refractivity contribution < 1.29 is 14.3 Å². The highest BCUT2D eigenvalue weighted by Crippen LogP contribution is 2.46. The van der Waals surface area contributed by atoms with Gasteiger partial charge in [-0.3, -0.25) is 4.79 Å². The average Bonchev–Trinajstić information content (AvgIpc) is 2.96. The van der Waals surface area contributed by atoms with Crippen LogP contribution in [0, 0.1) is 11.3 Å². The zero-order chi connectivity index (χ0) is 14.3. The summed E-state index contributed by atoms with van der Waals surface area (Å²) in [5.74, 6) is 0.309. The topological polar surface area (TPSA) is 46.6 Å². The maximum Gasteiger partial charge on any atom is 0.227 e. The molecule has 0 aliphatic carbocycles. The van der Waals surface area contributed by atoms with E-state index >= 15 is 0 Å². The summed E-state index contributed by atoms with van der Waals surface area (Å²) in [6.07, 6.45) is 4.70. The van der Waals surface area contributed by atoms with E-state index in [0.717, 1.165) is 32.0 Å². The van der Waals surface area contributed by atoms with Crippen molar-refractivity contribution in [3.05, 3.63) is 0 Å². The van der Waals surface area contributed by atoms with Gasteiger partial charge < -0.3 is 14.4 Å². The number of hydrogen-bond acceptors (Lipinski definition) is 3. The first-order valence-corrected chi connectivity index (χ1v) is 7.24. The lowest BCUT2D eigenvalue weighted by Crippen LogP contribution is -2.46. The van der Waals surface area contributed by atoms with Gasteiger partial charge in [-0.15, -0.1) is 0 Å². The molecule has 1 amide bonds. The first-order chi connectivity index (χ1) is 8.84. The van der Waals surface area contributed by atoms with Crippen molar-refractivity contribution in [3.63, 3.8) is 0 Å². The summed E-state index contributed by atoms with van der Waals surface area (Å²) in [7, 11) is 1.84. The van der Waals surface area contributed by atoms with Crippen LogP contribution in [-0.2, 0) is 14.3 Å². The van der Waals surface area contributed by atoms with E-state index in [-0.39, 0.29) is 23.3 Å². The lowest BCUT2D eigenvalue weighted by molar-refractivity contribution is -0.141. The molecular weight excluding hydrogens is 242 g/mol. The number of hydrogen-bond donors (Lipinski definition) is 0. The Hall–Kier alpha value is -0.900. The minimum atomic E-state index is -0.616. The van der Waals surface area contributed by atoms with Crippen LogP contribution in [0.2, 0.25) is 0 Å². The third-order valence-corrected chi connectivity index (χ3v) is 4.98. The number of rotatable bonds is 5. The molecule has 0 N–H and O–H groups in total. The van der Waals surface area contributed by atoms with Crippen LogP contribution in [0.3, 0.4) is 0 Å². The summed E-state index contributed by atoms with van der Waals surface area (Å²) in [5.41, 5.74) is -0.947. The molecule has 0 saturated carbocycles. The molecule has 2 unspecified atom stereocenters. The summed E-state index contributed by atoms with van der Waals surface area (Å²) in [4.78, 5) is 25.5. The molecule has 2 saturated heterocycles. The molecule has 0 aromatic rings. The lowest BCUT2D eigenvalue weighted by atomic mass is 9.78. The van der Waals surface area contributed by atoms with E-state index in [1.807, 2.05) is 27.8 Å². The minimum absolute atomic E-state index is 0.152. The van der Waals surface area contributed by atoms with E-state index < -0.39 is 5.60 Å². The van der Waals surface area contributed by atoms with Gasteiger partial charge in [0.15, 0.2) is 6.29 Å². The van der Waals surface area contributed by atoms with Crippen LogP contribution >= 0.6 is 0 Å². The Morgan fingerprint density at radius 2 is 2.21 bits per heavy atom. The van der Waals surface area contributed by atoms with E-state index in [1.54, 1.807) is 4.90 Å². The van der Waals surface area contributed by atoms with Gasteiger partial charge >= 0.3 is 0 Å². The zero-order valence-electron chi connectivity index (χ0n) is 12.4. The second-order valence-electron chi connectivity index (χ2n) is 6.71. The predicted octanol–water partition coefficient (Wildman–Crippen LogP) is 2.02. The van der Waals surface area contributed by atoms with Crippen LogP contribution in [0.25, 0.3) is 0 Å². The standard InChI is InChI=1S/C15H25NO3/c1-5-14(2,3)13(18)16(4)9-11-8-12-6-7-15(11,10-17)19-12/h10-12H,5-9H2,1-4H3/t11?,12?,15-/m0/s1. The van der Waals surface area contributed by atoms with Gasteiger partial charge in [-0.05, 0) is 25.7 Å². The Balaban J connectivity index is 2.02. The van der Waals surface area contributed by atoms with Crippen LogP contribution in [0.4, 0.5) is 0 Å². The molecule has 108 valence electrons. The fourth-order valence-corrected chi connectivity index (χ4v) is 3.29. The first kappa shape index (κ1) is 14.5. The molecular formula is C15H25NO3. The Morgan fingerprint density at radius 3 is 2.74 bits per heavy atom. The fourth-order valence-electron chi connectivity index (χ4n) is 3.29. The predicted molar refractivity (Wildman–Crippen MR) is 72.7 cm³/mol. The average molecular weight is 267 g/mol. The number of amides is 1. The molecule has 2 fully saturated rings. The Kier molecular flexibility index (Phi) is 3.74. The van der Waals surface area contributed by atoms with Gasteiger partial charge in [-0.25, -0.2) is 0 Å². The molecule has 3 atom stereocenters. The highest BCUT2D eigenvalue weighted by atomic mass is 16.5. The Morgan fingerprint density at radius 1 is 1.53 bits per heavy atom. The van der Waals surface area contributed by atoms with Gasteiger partial charge in [0.25, 0.3) is 0 Å². The van der Waals surface area contributed by atoms with E-state index in [4.69, 9.17) is 4.74 Å². The molecule has 19 heavy (non-hydrogen) atoms. The van der Waals surface area contributed by atoms with Crippen LogP contribution in [0.15, 0.2) is 0 Å². The van der Waals surface area contributed by atoms with E-state index in [2.05, 4.69) is 0 Å². The van der Waals surface area contributed by atoms with Gasteiger partial charge in [0.1, 0.15) is 5.60 Å². The third kappa shape index (κ3) is 2.42. The van der Waals surface area contributed by atoms with E-state index in [9.17, 15) is 9.59 Å². The van der Waals surface area contributed by atoms with Gasteiger partial charge in [0.2, 0.25) is 5.91 Å². The number of ether oxygens (including phenoxy) is 1. The van der Waals surface area contributed by atoms with Gasteiger partial charge in [0.05, 0.1) is 6.10 Å². The molecule has 0 aromatic heterocycles. The summed E-state index contributed by atoms with van der Waals surface area (Å²) in [5, 5.41) is 0. The van der Waals surface area contributed by atoms with Gasteiger partial charge in [0, 0.05) is 24.9 Å². The van der Waals surface area contributed by atoms with Crippen molar-refractivity contribution in [1.29, 1.82) is 0 Å². The van der Waals surface area contributed by atoms with Gasteiger partial charge in [-0.2, -0.15) is 0 Å². The highest BCUT2D eigenvalue weighted by Gasteiger charge is 2.54. The molecule has 2 aliphatic heterocycles. The molecule has 4 nitrogen and oxygen atoms in total. The number of aldehydes is 1.